The Hall–Kier alpha value is -1.43. The highest BCUT2D eigenvalue weighted by molar-refractivity contribution is 5.78. The normalized spacial score (nSPS) is 19.0. The molecule has 1 aliphatic rings. The van der Waals surface area contributed by atoms with Crippen LogP contribution in [0.5, 0.6) is 0 Å². The van der Waals surface area contributed by atoms with Crippen LogP contribution in [-0.4, -0.2) is 52.0 Å². The fourth-order valence-corrected chi connectivity index (χ4v) is 2.72. The zero-order valence-corrected chi connectivity index (χ0v) is 13.7. The van der Waals surface area contributed by atoms with Crippen LogP contribution in [0, 0.1) is 12.8 Å². The minimum absolute atomic E-state index is 0.116. The van der Waals surface area contributed by atoms with Crippen molar-refractivity contribution in [1.82, 2.24) is 19.9 Å². The third-order valence-corrected chi connectivity index (χ3v) is 4.45. The van der Waals surface area contributed by atoms with E-state index in [4.69, 9.17) is 4.52 Å². The van der Waals surface area contributed by atoms with Crippen molar-refractivity contribution in [3.05, 3.63) is 11.7 Å². The highest BCUT2D eigenvalue weighted by atomic mass is 16.5. The maximum Gasteiger partial charge on any atom is 0.243 e. The number of aryl methyl sites for hydroxylation is 1. The van der Waals surface area contributed by atoms with Crippen LogP contribution in [-0.2, 0) is 4.79 Å². The lowest BCUT2D eigenvalue weighted by atomic mass is 9.94. The number of amides is 1. The van der Waals surface area contributed by atoms with E-state index in [0.29, 0.717) is 11.7 Å². The molecule has 0 unspecified atom stereocenters. The summed E-state index contributed by atoms with van der Waals surface area (Å²) in [5, 5.41) is 3.84. The topological polar surface area (TPSA) is 62.5 Å². The summed E-state index contributed by atoms with van der Waals surface area (Å²) >= 11 is 0. The molecule has 0 saturated carbocycles. The Morgan fingerprint density at radius 3 is 2.43 bits per heavy atom. The molecule has 1 aromatic heterocycles. The largest absolute Gasteiger partial charge is 0.343 e. The van der Waals surface area contributed by atoms with Crippen LogP contribution in [0.4, 0.5) is 0 Å². The molecule has 0 N–H and O–H groups in total. The second-order valence-corrected chi connectivity index (χ2v) is 6.21. The fraction of sp³-hybridized carbons (Fsp3) is 0.800. The average Bonchev–Trinajstić information content (AvgIpc) is 2.91. The zero-order chi connectivity index (χ0) is 15.6. The monoisotopic (exact) mass is 294 g/mol. The molecule has 1 aromatic rings. The van der Waals surface area contributed by atoms with E-state index in [1.165, 1.54) is 0 Å². The molecule has 2 rings (SSSR count). The summed E-state index contributed by atoms with van der Waals surface area (Å²) in [5.41, 5.74) is 0. The first-order valence-electron chi connectivity index (χ1n) is 7.71. The van der Waals surface area contributed by atoms with E-state index >= 15 is 0 Å². The van der Waals surface area contributed by atoms with Gasteiger partial charge in [0, 0.05) is 19.0 Å². The summed E-state index contributed by atoms with van der Waals surface area (Å²) in [6, 6.07) is 0.376. The summed E-state index contributed by atoms with van der Waals surface area (Å²) < 4.78 is 5.25. The van der Waals surface area contributed by atoms with Gasteiger partial charge in [-0.25, -0.2) is 0 Å². The highest BCUT2D eigenvalue weighted by Crippen LogP contribution is 2.26. The maximum atomic E-state index is 12.4. The van der Waals surface area contributed by atoms with E-state index in [2.05, 4.69) is 22.0 Å². The molecule has 1 saturated heterocycles. The number of carbonyl (C=O) groups is 1. The lowest BCUT2D eigenvalue weighted by Gasteiger charge is -2.36. The van der Waals surface area contributed by atoms with Gasteiger partial charge in [0.2, 0.25) is 11.8 Å². The van der Waals surface area contributed by atoms with Crippen molar-refractivity contribution in [2.24, 2.45) is 5.92 Å². The van der Waals surface area contributed by atoms with Gasteiger partial charge in [-0.2, -0.15) is 4.98 Å². The van der Waals surface area contributed by atoms with E-state index in [9.17, 15) is 4.79 Å². The summed E-state index contributed by atoms with van der Waals surface area (Å²) in [7, 11) is 1.89. The Kier molecular flexibility index (Phi) is 4.98. The molecule has 1 fully saturated rings. The third-order valence-electron chi connectivity index (χ3n) is 4.45. The first-order chi connectivity index (χ1) is 9.90. The van der Waals surface area contributed by atoms with Crippen molar-refractivity contribution < 1.29 is 9.32 Å². The first-order valence-corrected chi connectivity index (χ1v) is 7.71. The number of hydrogen-bond acceptors (Lipinski definition) is 5. The van der Waals surface area contributed by atoms with Crippen molar-refractivity contribution in [2.75, 3.05) is 20.1 Å². The Balaban J connectivity index is 1.90. The van der Waals surface area contributed by atoms with Gasteiger partial charge < -0.3 is 9.42 Å². The molecule has 6 heteroatoms. The highest BCUT2D eigenvalue weighted by Gasteiger charge is 2.31. The number of piperidine rings is 1. The van der Waals surface area contributed by atoms with Crippen molar-refractivity contribution in [2.45, 2.75) is 52.6 Å². The molecule has 1 atom stereocenters. The molecule has 0 spiro atoms. The molecular weight excluding hydrogens is 268 g/mol. The standard InChI is InChI=1S/C15H26N4O2/c1-10(2)18(5)15(20)13-6-8-19(9-7-13)11(3)14-16-12(4)17-21-14/h10-11,13H,6-9H2,1-5H3/t11-/m1/s1. The second-order valence-electron chi connectivity index (χ2n) is 6.21. The lowest BCUT2D eigenvalue weighted by Crippen LogP contribution is -2.43. The molecule has 0 radical (unpaired) electrons. The van der Waals surface area contributed by atoms with Crippen molar-refractivity contribution in [1.29, 1.82) is 0 Å². The SMILES string of the molecule is Cc1noc([C@@H](C)N2CCC(C(=O)N(C)C(C)C)CC2)n1. The van der Waals surface area contributed by atoms with Crippen LogP contribution in [0.3, 0.4) is 0 Å². The Bertz CT molecular complexity index is 478. The van der Waals surface area contributed by atoms with Crippen molar-refractivity contribution in [3.8, 4) is 0 Å². The van der Waals surface area contributed by atoms with Gasteiger partial charge in [-0.05, 0) is 53.6 Å². The number of aromatic nitrogens is 2. The van der Waals surface area contributed by atoms with Crippen LogP contribution in [0.2, 0.25) is 0 Å². The fourth-order valence-electron chi connectivity index (χ4n) is 2.72. The molecule has 0 bridgehead atoms. The van der Waals surface area contributed by atoms with Gasteiger partial charge >= 0.3 is 0 Å². The second kappa shape index (κ2) is 6.56. The van der Waals surface area contributed by atoms with Gasteiger partial charge in [0.1, 0.15) is 0 Å². The predicted molar refractivity (Wildman–Crippen MR) is 79.7 cm³/mol. The lowest BCUT2D eigenvalue weighted by molar-refractivity contribution is -0.137. The van der Waals surface area contributed by atoms with E-state index in [0.717, 1.165) is 25.9 Å². The van der Waals surface area contributed by atoms with Gasteiger partial charge in [0.15, 0.2) is 5.82 Å². The smallest absolute Gasteiger partial charge is 0.243 e. The third kappa shape index (κ3) is 3.61. The van der Waals surface area contributed by atoms with Crippen LogP contribution in [0.25, 0.3) is 0 Å². The van der Waals surface area contributed by atoms with E-state index in [1.54, 1.807) is 0 Å². The molecule has 21 heavy (non-hydrogen) atoms. The van der Waals surface area contributed by atoms with Crippen molar-refractivity contribution >= 4 is 5.91 Å². The molecule has 6 nitrogen and oxygen atoms in total. The number of carbonyl (C=O) groups excluding carboxylic acids is 1. The van der Waals surface area contributed by atoms with Crippen LogP contribution in [0.1, 0.15) is 51.4 Å². The van der Waals surface area contributed by atoms with Crippen LogP contribution < -0.4 is 0 Å². The van der Waals surface area contributed by atoms with Gasteiger partial charge in [0.25, 0.3) is 0 Å². The summed E-state index contributed by atoms with van der Waals surface area (Å²) in [6.45, 7) is 9.79. The minimum atomic E-state index is 0.116. The van der Waals surface area contributed by atoms with E-state index in [-0.39, 0.29) is 23.9 Å². The molecule has 1 amide bonds. The van der Waals surface area contributed by atoms with E-state index in [1.807, 2.05) is 32.7 Å². The Labute approximate surface area is 126 Å². The Morgan fingerprint density at radius 1 is 1.33 bits per heavy atom. The van der Waals surface area contributed by atoms with Gasteiger partial charge in [-0.3, -0.25) is 9.69 Å². The molecule has 118 valence electrons. The van der Waals surface area contributed by atoms with Crippen LogP contribution >= 0.6 is 0 Å². The summed E-state index contributed by atoms with van der Waals surface area (Å²) in [6.07, 6.45) is 1.79. The number of rotatable bonds is 4. The number of likely N-dealkylation sites (tertiary alicyclic amines) is 1. The number of nitrogens with zero attached hydrogens (tertiary/aromatic N) is 4. The molecule has 0 aromatic carbocycles. The predicted octanol–water partition coefficient (Wildman–Crippen LogP) is 2.02. The molecule has 2 heterocycles. The summed E-state index contributed by atoms with van der Waals surface area (Å²) in [5.74, 6) is 1.74. The van der Waals surface area contributed by atoms with E-state index < -0.39 is 0 Å². The summed E-state index contributed by atoms with van der Waals surface area (Å²) in [4.78, 5) is 20.8. The molecule has 1 aliphatic heterocycles. The zero-order valence-electron chi connectivity index (χ0n) is 13.7. The number of hydrogen-bond donors (Lipinski definition) is 0. The molecular formula is C15H26N4O2. The van der Waals surface area contributed by atoms with Crippen LogP contribution in [0.15, 0.2) is 4.52 Å². The molecule has 0 aliphatic carbocycles. The van der Waals surface area contributed by atoms with Gasteiger partial charge in [-0.1, -0.05) is 5.16 Å². The first kappa shape index (κ1) is 15.9. The maximum absolute atomic E-state index is 12.4. The quantitative estimate of drug-likeness (QED) is 0.850. The minimum Gasteiger partial charge on any atom is -0.343 e. The van der Waals surface area contributed by atoms with Gasteiger partial charge in [-0.15, -0.1) is 0 Å². The Morgan fingerprint density at radius 2 is 1.95 bits per heavy atom. The van der Waals surface area contributed by atoms with Gasteiger partial charge in [0.05, 0.1) is 6.04 Å². The average molecular weight is 294 g/mol. The van der Waals surface area contributed by atoms with Crippen molar-refractivity contribution in [3.63, 3.8) is 0 Å².